The molecule has 1 aromatic rings. The van der Waals surface area contributed by atoms with Gasteiger partial charge in [0.15, 0.2) is 0 Å². The fourth-order valence-corrected chi connectivity index (χ4v) is 4.95. The monoisotopic (exact) mass is 290 g/mol. The molecular weight excluding hydrogens is 264 g/mol. The van der Waals surface area contributed by atoms with E-state index in [1.807, 2.05) is 11.8 Å². The number of likely N-dealkylation sites (N-methyl/N-ethyl adjacent to an activating group) is 1. The van der Waals surface area contributed by atoms with E-state index in [0.29, 0.717) is 11.5 Å². The molecule has 0 bridgehead atoms. The lowest BCUT2D eigenvalue weighted by molar-refractivity contribution is 0.154. The van der Waals surface area contributed by atoms with Crippen molar-refractivity contribution in [2.24, 2.45) is 0 Å². The largest absolute Gasteiger partial charge is 0.314 e. The van der Waals surface area contributed by atoms with Gasteiger partial charge in [0.1, 0.15) is 0 Å². The van der Waals surface area contributed by atoms with Crippen molar-refractivity contribution in [1.82, 2.24) is 10.2 Å². The number of benzene rings is 1. The summed E-state index contributed by atoms with van der Waals surface area (Å²) in [6.45, 7) is 2.27. The molecule has 1 aromatic carbocycles. The highest BCUT2D eigenvalue weighted by atomic mass is 32.2. The lowest BCUT2D eigenvalue weighted by Crippen LogP contribution is -2.50. The molecule has 1 N–H and O–H groups in total. The Kier molecular flexibility index (Phi) is 4.39. The van der Waals surface area contributed by atoms with Crippen molar-refractivity contribution in [2.45, 2.75) is 42.0 Å². The zero-order chi connectivity index (χ0) is 14.0. The van der Waals surface area contributed by atoms with Gasteiger partial charge in [0.05, 0.1) is 0 Å². The molecule has 1 unspecified atom stereocenters. The Morgan fingerprint density at radius 3 is 2.75 bits per heavy atom. The summed E-state index contributed by atoms with van der Waals surface area (Å²) in [5.41, 5.74) is 1.96. The van der Waals surface area contributed by atoms with Gasteiger partial charge >= 0.3 is 0 Å². The van der Waals surface area contributed by atoms with E-state index < -0.39 is 0 Å². The minimum Gasteiger partial charge on any atom is -0.314 e. The quantitative estimate of drug-likeness (QED) is 0.895. The molecule has 0 saturated heterocycles. The van der Waals surface area contributed by atoms with E-state index in [1.165, 1.54) is 36.3 Å². The minimum atomic E-state index is 0.408. The maximum absolute atomic E-state index is 3.78. The van der Waals surface area contributed by atoms with Gasteiger partial charge < -0.3 is 10.2 Å². The first-order valence-electron chi connectivity index (χ1n) is 7.81. The van der Waals surface area contributed by atoms with Crippen molar-refractivity contribution in [3.63, 3.8) is 0 Å². The lowest BCUT2D eigenvalue weighted by Gasteiger charge is -2.37. The third-order valence-electron chi connectivity index (χ3n) is 5.13. The van der Waals surface area contributed by atoms with E-state index in [0.717, 1.165) is 13.1 Å². The van der Waals surface area contributed by atoms with E-state index in [4.69, 9.17) is 0 Å². The van der Waals surface area contributed by atoms with Crippen LogP contribution in [-0.4, -0.2) is 43.4 Å². The molecule has 0 radical (unpaired) electrons. The van der Waals surface area contributed by atoms with Crippen LogP contribution in [0.3, 0.4) is 0 Å². The summed E-state index contributed by atoms with van der Waals surface area (Å²) in [4.78, 5) is 3.94. The minimum absolute atomic E-state index is 0.408. The topological polar surface area (TPSA) is 15.3 Å². The molecule has 20 heavy (non-hydrogen) atoms. The van der Waals surface area contributed by atoms with Crippen LogP contribution in [0.5, 0.6) is 0 Å². The van der Waals surface area contributed by atoms with E-state index >= 15 is 0 Å². The van der Waals surface area contributed by atoms with Crippen LogP contribution in [0.2, 0.25) is 0 Å². The van der Waals surface area contributed by atoms with Crippen molar-refractivity contribution in [3.05, 3.63) is 29.8 Å². The predicted molar refractivity (Wildman–Crippen MR) is 87.7 cm³/mol. The van der Waals surface area contributed by atoms with E-state index in [1.54, 1.807) is 5.56 Å². The molecule has 3 heteroatoms. The first-order chi connectivity index (χ1) is 9.71. The van der Waals surface area contributed by atoms with Crippen LogP contribution < -0.4 is 5.32 Å². The fraction of sp³-hybridized carbons (Fsp3) is 0.647. The molecule has 3 rings (SSSR count). The zero-order valence-corrected chi connectivity index (χ0v) is 13.5. The maximum Gasteiger partial charge on any atom is 0.0327 e. The molecule has 2 aliphatic rings. The molecule has 0 spiro atoms. The molecular formula is C17H26N2S. The van der Waals surface area contributed by atoms with Crippen molar-refractivity contribution in [3.8, 4) is 0 Å². The van der Waals surface area contributed by atoms with Crippen molar-refractivity contribution in [2.75, 3.05) is 32.9 Å². The molecule has 1 fully saturated rings. The van der Waals surface area contributed by atoms with Gasteiger partial charge in [0.25, 0.3) is 0 Å². The number of thioether (sulfide) groups is 1. The maximum atomic E-state index is 3.78. The second-order valence-corrected chi connectivity index (χ2v) is 7.56. The lowest BCUT2D eigenvalue weighted by atomic mass is 9.95. The summed E-state index contributed by atoms with van der Waals surface area (Å²) in [6.07, 6.45) is 5.48. The first-order valence-corrected chi connectivity index (χ1v) is 8.80. The molecule has 0 amide bonds. The third kappa shape index (κ3) is 2.76. The van der Waals surface area contributed by atoms with Crippen LogP contribution in [0.1, 0.15) is 37.2 Å². The SMILES string of the molecule is CN(C)C1(CNCC2CSc3ccccc32)CCCC1. The van der Waals surface area contributed by atoms with Crippen LogP contribution in [0.15, 0.2) is 29.2 Å². The Bertz CT molecular complexity index is 452. The van der Waals surface area contributed by atoms with Gasteiger partial charge in [-0.3, -0.25) is 0 Å². The standard InChI is InChI=1S/C17H26N2S/c1-19(2)17(9-5-6-10-17)13-18-11-14-12-20-16-8-4-3-7-15(14)16/h3-4,7-8,14,18H,5-6,9-13H2,1-2H3. The highest BCUT2D eigenvalue weighted by molar-refractivity contribution is 7.99. The van der Waals surface area contributed by atoms with Gasteiger partial charge in [-0.15, -0.1) is 11.8 Å². The van der Waals surface area contributed by atoms with Gasteiger partial charge in [0.2, 0.25) is 0 Å². The van der Waals surface area contributed by atoms with E-state index in [-0.39, 0.29) is 0 Å². The van der Waals surface area contributed by atoms with Gasteiger partial charge in [-0.2, -0.15) is 0 Å². The highest BCUT2D eigenvalue weighted by Crippen LogP contribution is 2.39. The van der Waals surface area contributed by atoms with Gasteiger partial charge in [-0.1, -0.05) is 31.0 Å². The van der Waals surface area contributed by atoms with Gasteiger partial charge in [-0.05, 0) is 38.6 Å². The molecule has 110 valence electrons. The zero-order valence-electron chi connectivity index (χ0n) is 12.7. The molecule has 0 aromatic heterocycles. The number of nitrogens with one attached hydrogen (secondary N) is 1. The number of hydrogen-bond acceptors (Lipinski definition) is 3. The predicted octanol–water partition coefficient (Wildman–Crippen LogP) is 3.34. The number of nitrogens with zero attached hydrogens (tertiary/aromatic N) is 1. The Labute approximate surface area is 127 Å². The Balaban J connectivity index is 1.56. The summed E-state index contributed by atoms with van der Waals surface area (Å²) in [7, 11) is 4.49. The number of hydrogen-bond donors (Lipinski definition) is 1. The molecule has 1 heterocycles. The summed E-state index contributed by atoms with van der Waals surface area (Å²) in [6, 6.07) is 8.90. The van der Waals surface area contributed by atoms with Crippen molar-refractivity contribution in [1.29, 1.82) is 0 Å². The number of fused-ring (bicyclic) bond motifs is 1. The third-order valence-corrected chi connectivity index (χ3v) is 6.38. The van der Waals surface area contributed by atoms with Crippen LogP contribution in [0, 0.1) is 0 Å². The molecule has 2 nitrogen and oxygen atoms in total. The van der Waals surface area contributed by atoms with Crippen molar-refractivity contribution < 1.29 is 0 Å². The van der Waals surface area contributed by atoms with Crippen LogP contribution in [-0.2, 0) is 0 Å². The van der Waals surface area contributed by atoms with E-state index in [9.17, 15) is 0 Å². The van der Waals surface area contributed by atoms with Crippen LogP contribution in [0.4, 0.5) is 0 Å². The highest BCUT2D eigenvalue weighted by Gasteiger charge is 2.35. The van der Waals surface area contributed by atoms with Crippen molar-refractivity contribution >= 4 is 11.8 Å². The fourth-order valence-electron chi connectivity index (χ4n) is 3.69. The molecule has 1 saturated carbocycles. The Hall–Kier alpha value is -0.510. The normalized spacial score (nSPS) is 24.2. The molecule has 1 aliphatic heterocycles. The second-order valence-electron chi connectivity index (χ2n) is 6.50. The average Bonchev–Trinajstić information content (AvgIpc) is 3.07. The molecule has 1 atom stereocenters. The van der Waals surface area contributed by atoms with Crippen LogP contribution in [0.25, 0.3) is 0 Å². The summed E-state index contributed by atoms with van der Waals surface area (Å²) in [5.74, 6) is 1.93. The average molecular weight is 290 g/mol. The first kappa shape index (κ1) is 14.4. The number of rotatable bonds is 5. The summed E-state index contributed by atoms with van der Waals surface area (Å²) >= 11 is 2.01. The summed E-state index contributed by atoms with van der Waals surface area (Å²) in [5, 5.41) is 3.78. The second kappa shape index (κ2) is 6.08. The van der Waals surface area contributed by atoms with Gasteiger partial charge in [-0.25, -0.2) is 0 Å². The summed E-state index contributed by atoms with van der Waals surface area (Å²) < 4.78 is 0. The van der Waals surface area contributed by atoms with Crippen LogP contribution >= 0.6 is 11.8 Å². The van der Waals surface area contributed by atoms with E-state index in [2.05, 4.69) is 48.6 Å². The van der Waals surface area contributed by atoms with Gasteiger partial charge in [0, 0.05) is 35.2 Å². The Morgan fingerprint density at radius 2 is 2.00 bits per heavy atom. The Morgan fingerprint density at radius 1 is 1.25 bits per heavy atom. The molecule has 1 aliphatic carbocycles. The smallest absolute Gasteiger partial charge is 0.0327 e.